The third-order valence-electron chi connectivity index (χ3n) is 1.09. The lowest BCUT2D eigenvalue weighted by Gasteiger charge is -1.97. The van der Waals surface area contributed by atoms with E-state index in [1.807, 2.05) is 0 Å². The van der Waals surface area contributed by atoms with Crippen LogP contribution >= 0.6 is 10.8 Å². The van der Waals surface area contributed by atoms with E-state index in [1.165, 1.54) is 0 Å². The molecule has 12 heavy (non-hydrogen) atoms. The second-order valence-corrected chi connectivity index (χ2v) is 5.66. The molecule has 0 aliphatic carbocycles. The first-order valence-corrected chi connectivity index (χ1v) is 5.93. The minimum atomic E-state index is -3.51. The molecule has 0 aliphatic rings. The van der Waals surface area contributed by atoms with Crippen molar-refractivity contribution < 1.29 is 8.42 Å². The predicted molar refractivity (Wildman–Crippen MR) is 49.8 cm³/mol. The Morgan fingerprint density at radius 2 is 1.67 bits per heavy atom. The highest BCUT2D eigenvalue weighted by Crippen LogP contribution is 2.22. The SMILES string of the molecule is Nc1ccc(SS(N)(=O)=O)cc1. The zero-order chi connectivity index (χ0) is 9.19. The lowest BCUT2D eigenvalue weighted by Crippen LogP contribution is -2.05. The molecule has 0 unspecified atom stereocenters. The minimum absolute atomic E-state index is 0.562. The summed E-state index contributed by atoms with van der Waals surface area (Å²) in [6.45, 7) is 0. The molecule has 0 aliphatic heterocycles. The van der Waals surface area contributed by atoms with Crippen LogP contribution in [0.1, 0.15) is 0 Å². The van der Waals surface area contributed by atoms with Gasteiger partial charge < -0.3 is 5.73 Å². The molecule has 4 N–H and O–H groups in total. The van der Waals surface area contributed by atoms with Crippen LogP contribution in [0.25, 0.3) is 0 Å². The van der Waals surface area contributed by atoms with Crippen LogP contribution in [-0.4, -0.2) is 8.42 Å². The van der Waals surface area contributed by atoms with Crippen molar-refractivity contribution in [2.75, 3.05) is 5.73 Å². The van der Waals surface area contributed by atoms with Crippen LogP contribution in [0.4, 0.5) is 5.69 Å². The Labute approximate surface area is 74.4 Å². The Morgan fingerprint density at radius 1 is 1.17 bits per heavy atom. The van der Waals surface area contributed by atoms with Crippen molar-refractivity contribution in [3.8, 4) is 0 Å². The molecule has 0 saturated carbocycles. The predicted octanol–water partition coefficient (Wildman–Crippen LogP) is 0.564. The molecule has 0 atom stereocenters. The lowest BCUT2D eigenvalue weighted by molar-refractivity contribution is 0.612. The van der Waals surface area contributed by atoms with Gasteiger partial charge in [0.25, 0.3) is 9.06 Å². The van der Waals surface area contributed by atoms with Crippen molar-refractivity contribution in [1.82, 2.24) is 0 Å². The zero-order valence-electron chi connectivity index (χ0n) is 6.10. The van der Waals surface area contributed by atoms with Gasteiger partial charge in [0, 0.05) is 21.4 Å². The first-order chi connectivity index (χ1) is 5.47. The lowest BCUT2D eigenvalue weighted by atomic mass is 10.3. The quantitative estimate of drug-likeness (QED) is 0.544. The molecule has 0 amide bonds. The molecule has 66 valence electrons. The van der Waals surface area contributed by atoms with Crippen molar-refractivity contribution in [2.24, 2.45) is 5.14 Å². The minimum Gasteiger partial charge on any atom is -0.399 e. The fourth-order valence-corrected chi connectivity index (χ4v) is 2.31. The van der Waals surface area contributed by atoms with Crippen molar-refractivity contribution in [1.29, 1.82) is 0 Å². The highest BCUT2D eigenvalue weighted by atomic mass is 33.1. The first-order valence-electron chi connectivity index (χ1n) is 3.05. The van der Waals surface area contributed by atoms with Crippen molar-refractivity contribution in [3.63, 3.8) is 0 Å². The molecule has 0 fully saturated rings. The Kier molecular flexibility index (Phi) is 2.61. The Bertz CT molecular complexity index is 358. The fraction of sp³-hybridized carbons (Fsp3) is 0. The van der Waals surface area contributed by atoms with Crippen molar-refractivity contribution in [3.05, 3.63) is 24.3 Å². The molecule has 0 saturated heterocycles. The van der Waals surface area contributed by atoms with Crippen LogP contribution in [0.5, 0.6) is 0 Å². The average molecular weight is 204 g/mol. The maximum absolute atomic E-state index is 10.6. The summed E-state index contributed by atoms with van der Waals surface area (Å²) < 4.78 is 21.2. The van der Waals surface area contributed by atoms with Gasteiger partial charge in [0.2, 0.25) is 0 Å². The summed E-state index contributed by atoms with van der Waals surface area (Å²) in [6.07, 6.45) is 0. The summed E-state index contributed by atoms with van der Waals surface area (Å²) in [5, 5.41) is 4.81. The number of nitrogens with two attached hydrogens (primary N) is 2. The van der Waals surface area contributed by atoms with Gasteiger partial charge in [-0.3, -0.25) is 0 Å². The highest BCUT2D eigenvalue weighted by molar-refractivity contribution is 8.71. The van der Waals surface area contributed by atoms with Gasteiger partial charge in [-0.25, -0.2) is 13.6 Å². The standard InChI is InChI=1S/C6H8N2O2S2/c7-5-1-3-6(4-2-5)11-12(8,9)10/h1-4H,7H2,(H2,8,9,10). The molecule has 0 heterocycles. The van der Waals surface area contributed by atoms with Crippen LogP contribution in [0.15, 0.2) is 29.2 Å². The normalized spacial score (nSPS) is 11.4. The summed E-state index contributed by atoms with van der Waals surface area (Å²) in [5.74, 6) is 0. The maximum Gasteiger partial charge on any atom is 0.266 e. The third-order valence-corrected chi connectivity index (χ3v) is 3.06. The molecule has 1 aromatic carbocycles. The third kappa shape index (κ3) is 3.12. The van der Waals surface area contributed by atoms with Crippen molar-refractivity contribution in [2.45, 2.75) is 4.90 Å². The van der Waals surface area contributed by atoms with E-state index in [-0.39, 0.29) is 0 Å². The van der Waals surface area contributed by atoms with E-state index in [0.29, 0.717) is 21.4 Å². The molecular formula is C6H8N2O2S2. The summed E-state index contributed by atoms with van der Waals surface area (Å²) in [7, 11) is -2.91. The monoisotopic (exact) mass is 204 g/mol. The molecule has 0 spiro atoms. The van der Waals surface area contributed by atoms with E-state index < -0.39 is 9.06 Å². The molecule has 4 nitrogen and oxygen atoms in total. The summed E-state index contributed by atoms with van der Waals surface area (Å²) in [5.41, 5.74) is 5.99. The van der Waals surface area contributed by atoms with Crippen LogP contribution in [0.3, 0.4) is 0 Å². The average Bonchev–Trinajstić information content (AvgIpc) is 1.91. The van der Waals surface area contributed by atoms with E-state index in [2.05, 4.69) is 0 Å². The van der Waals surface area contributed by atoms with Gasteiger partial charge in [-0.1, -0.05) is 0 Å². The van der Waals surface area contributed by atoms with Gasteiger partial charge in [0.15, 0.2) is 0 Å². The number of benzene rings is 1. The topological polar surface area (TPSA) is 86.2 Å². The number of hydrogen-bond donors (Lipinski definition) is 2. The number of hydrogen-bond acceptors (Lipinski definition) is 4. The summed E-state index contributed by atoms with van der Waals surface area (Å²) >= 11 is 0. The molecule has 1 aromatic rings. The van der Waals surface area contributed by atoms with E-state index in [9.17, 15) is 8.42 Å². The molecule has 0 bridgehead atoms. The summed E-state index contributed by atoms with van der Waals surface area (Å²) in [6, 6.07) is 6.44. The van der Waals surface area contributed by atoms with Gasteiger partial charge in [0.05, 0.1) is 0 Å². The number of rotatable bonds is 2. The van der Waals surface area contributed by atoms with Crippen LogP contribution in [0, 0.1) is 0 Å². The second-order valence-electron chi connectivity index (χ2n) is 2.15. The van der Waals surface area contributed by atoms with Gasteiger partial charge >= 0.3 is 0 Å². The first kappa shape index (κ1) is 9.37. The fourth-order valence-electron chi connectivity index (χ4n) is 0.658. The number of nitrogen functional groups attached to an aromatic ring is 1. The van der Waals surface area contributed by atoms with Crippen LogP contribution in [-0.2, 0) is 9.06 Å². The van der Waals surface area contributed by atoms with Gasteiger partial charge in [-0.05, 0) is 24.3 Å². The Balaban J connectivity index is 2.85. The van der Waals surface area contributed by atoms with E-state index in [4.69, 9.17) is 10.9 Å². The van der Waals surface area contributed by atoms with Crippen LogP contribution in [0.2, 0.25) is 0 Å². The maximum atomic E-state index is 10.6. The van der Waals surface area contributed by atoms with Gasteiger partial charge in [-0.15, -0.1) is 0 Å². The second kappa shape index (κ2) is 3.34. The van der Waals surface area contributed by atoms with E-state index in [1.54, 1.807) is 24.3 Å². The number of anilines is 1. The molecule has 0 radical (unpaired) electrons. The molecule has 1 rings (SSSR count). The van der Waals surface area contributed by atoms with Gasteiger partial charge in [0.1, 0.15) is 0 Å². The Morgan fingerprint density at radius 3 is 2.08 bits per heavy atom. The largest absolute Gasteiger partial charge is 0.399 e. The zero-order valence-corrected chi connectivity index (χ0v) is 7.73. The Hall–Kier alpha value is -0.720. The van der Waals surface area contributed by atoms with Crippen LogP contribution < -0.4 is 10.9 Å². The van der Waals surface area contributed by atoms with Gasteiger partial charge in [-0.2, -0.15) is 0 Å². The van der Waals surface area contributed by atoms with E-state index in [0.717, 1.165) is 0 Å². The molecule has 0 aromatic heterocycles. The van der Waals surface area contributed by atoms with E-state index >= 15 is 0 Å². The van der Waals surface area contributed by atoms with Crippen molar-refractivity contribution >= 4 is 25.5 Å². The highest BCUT2D eigenvalue weighted by Gasteiger charge is 2.04. The summed E-state index contributed by atoms with van der Waals surface area (Å²) in [4.78, 5) is 0.562. The molecule has 6 heteroatoms. The molecular weight excluding hydrogens is 196 g/mol. The smallest absolute Gasteiger partial charge is 0.266 e.